The van der Waals surface area contributed by atoms with Crippen molar-refractivity contribution in [1.82, 2.24) is 14.7 Å². The number of nitrogens with one attached hydrogen (secondary N) is 1. The molecule has 7 nitrogen and oxygen atoms in total. The molecule has 1 saturated heterocycles. The molecule has 3 heterocycles. The molecule has 0 bridgehead atoms. The Morgan fingerprint density at radius 2 is 2.03 bits per heavy atom. The number of hydrogen-bond donors (Lipinski definition) is 1. The highest BCUT2D eigenvalue weighted by Crippen LogP contribution is 2.45. The number of carbonyl (C=O) groups excluding carboxylic acids is 2. The molecule has 35 heavy (non-hydrogen) atoms. The lowest BCUT2D eigenvalue weighted by atomic mass is 9.83. The van der Waals surface area contributed by atoms with Crippen LogP contribution in [0.25, 0.3) is 0 Å². The van der Waals surface area contributed by atoms with E-state index in [9.17, 15) is 14.0 Å². The van der Waals surface area contributed by atoms with E-state index in [-0.39, 0.29) is 40.6 Å². The molecule has 2 aliphatic rings. The predicted octanol–water partition coefficient (Wildman–Crippen LogP) is 5.51. The first-order valence-electron chi connectivity index (χ1n) is 11.4. The highest BCUT2D eigenvalue weighted by molar-refractivity contribution is 6.31. The van der Waals surface area contributed by atoms with Crippen LogP contribution in [-0.2, 0) is 10.3 Å². The van der Waals surface area contributed by atoms with Crippen molar-refractivity contribution in [3.8, 4) is 0 Å². The van der Waals surface area contributed by atoms with Crippen molar-refractivity contribution in [2.75, 3.05) is 18.4 Å². The minimum atomic E-state index is -1.34. The van der Waals surface area contributed by atoms with Crippen LogP contribution in [0.3, 0.4) is 0 Å². The van der Waals surface area contributed by atoms with Gasteiger partial charge in [0.1, 0.15) is 5.82 Å². The molecule has 1 fully saturated rings. The fourth-order valence-corrected chi connectivity index (χ4v) is 5.17. The zero-order chi connectivity index (χ0) is 24.7. The summed E-state index contributed by atoms with van der Waals surface area (Å²) in [5, 5.41) is 6.81. The lowest BCUT2D eigenvalue weighted by Gasteiger charge is -2.45. The summed E-state index contributed by atoms with van der Waals surface area (Å²) in [4.78, 5) is 27.3. The monoisotopic (exact) mass is 500 g/mol. The van der Waals surface area contributed by atoms with E-state index in [1.54, 1.807) is 27.9 Å². The van der Waals surface area contributed by atoms with Gasteiger partial charge in [0.2, 0.25) is 0 Å². The number of amides is 2. The van der Waals surface area contributed by atoms with Crippen molar-refractivity contribution < 1.29 is 23.1 Å². The Hall–Kier alpha value is -3.46. The molecule has 1 N–H and O–H groups in total. The maximum atomic E-state index is 15.1. The van der Waals surface area contributed by atoms with E-state index in [1.807, 2.05) is 6.92 Å². The zero-order valence-electron chi connectivity index (χ0n) is 18.9. The van der Waals surface area contributed by atoms with Crippen molar-refractivity contribution in [3.63, 3.8) is 0 Å². The second kappa shape index (κ2) is 8.96. The fraction of sp³-hybridized carbons (Fsp3) is 0.320. The molecule has 10 heteroatoms. The van der Waals surface area contributed by atoms with Gasteiger partial charge < -0.3 is 9.64 Å². The van der Waals surface area contributed by atoms with E-state index in [4.69, 9.17) is 16.3 Å². The minimum Gasteiger partial charge on any atom is -0.436 e. The number of likely N-dealkylation sites (tertiary alicyclic amines) is 1. The van der Waals surface area contributed by atoms with Crippen molar-refractivity contribution in [3.05, 3.63) is 82.1 Å². The van der Waals surface area contributed by atoms with Crippen molar-refractivity contribution in [2.45, 2.75) is 37.8 Å². The molecule has 5 rings (SSSR count). The Morgan fingerprint density at radius 1 is 1.26 bits per heavy atom. The smallest absolute Gasteiger partial charge is 0.412 e. The molecule has 0 aliphatic carbocycles. The summed E-state index contributed by atoms with van der Waals surface area (Å²) in [5.74, 6) is -1.30. The highest BCUT2D eigenvalue weighted by Gasteiger charge is 2.48. The van der Waals surface area contributed by atoms with E-state index in [1.165, 1.54) is 30.5 Å². The van der Waals surface area contributed by atoms with Crippen LogP contribution in [-0.4, -0.2) is 39.8 Å². The number of ether oxygens (including phenoxy) is 1. The third-order valence-electron chi connectivity index (χ3n) is 6.63. The average molecular weight is 501 g/mol. The highest BCUT2D eigenvalue weighted by atomic mass is 35.5. The lowest BCUT2D eigenvalue weighted by Crippen LogP contribution is -2.53. The maximum absolute atomic E-state index is 15.1. The second-order valence-electron chi connectivity index (χ2n) is 8.81. The van der Waals surface area contributed by atoms with Crippen LogP contribution in [0.2, 0.25) is 5.02 Å². The van der Waals surface area contributed by atoms with Gasteiger partial charge in [-0.3, -0.25) is 14.8 Å². The number of anilines is 1. The number of benzene rings is 2. The van der Waals surface area contributed by atoms with E-state index in [0.29, 0.717) is 31.4 Å². The first-order chi connectivity index (χ1) is 16.8. The third kappa shape index (κ3) is 4.14. The molecule has 182 valence electrons. The van der Waals surface area contributed by atoms with Gasteiger partial charge in [-0.2, -0.15) is 5.10 Å². The van der Waals surface area contributed by atoms with Crippen LogP contribution in [0.1, 0.15) is 53.7 Å². The quantitative estimate of drug-likeness (QED) is 0.512. The van der Waals surface area contributed by atoms with Crippen LogP contribution in [0.15, 0.2) is 48.8 Å². The Morgan fingerprint density at radius 3 is 2.77 bits per heavy atom. The topological polar surface area (TPSA) is 76.5 Å². The Balaban J connectivity index is 1.42. The normalized spacial score (nSPS) is 20.2. The van der Waals surface area contributed by atoms with E-state index < -0.39 is 17.5 Å². The number of hydrogen-bond acceptors (Lipinski definition) is 4. The first kappa shape index (κ1) is 23.3. The van der Waals surface area contributed by atoms with Gasteiger partial charge in [0.15, 0.2) is 11.4 Å². The van der Waals surface area contributed by atoms with E-state index in [0.717, 1.165) is 5.56 Å². The summed E-state index contributed by atoms with van der Waals surface area (Å²) in [7, 11) is 0. The number of nitrogens with zero attached hydrogens (tertiary/aromatic N) is 3. The number of aromatic nitrogens is 2. The number of carbonyl (C=O) groups is 2. The van der Waals surface area contributed by atoms with Crippen LogP contribution >= 0.6 is 11.6 Å². The molecule has 3 aromatic rings. The van der Waals surface area contributed by atoms with Gasteiger partial charge in [-0.1, -0.05) is 30.7 Å². The molecule has 0 saturated carbocycles. The molecule has 1 unspecified atom stereocenters. The summed E-state index contributed by atoms with van der Waals surface area (Å²) < 4.78 is 35.8. The molecule has 0 radical (unpaired) electrons. The summed E-state index contributed by atoms with van der Waals surface area (Å²) in [6, 6.07) is 8.93. The molecule has 2 atom stereocenters. The number of halogens is 3. The van der Waals surface area contributed by atoms with Crippen LogP contribution in [0, 0.1) is 11.6 Å². The minimum absolute atomic E-state index is 0.0101. The Labute approximate surface area is 205 Å². The lowest BCUT2D eigenvalue weighted by molar-refractivity contribution is -0.0418. The van der Waals surface area contributed by atoms with E-state index >= 15 is 4.39 Å². The van der Waals surface area contributed by atoms with Gasteiger partial charge in [0.25, 0.3) is 5.91 Å². The third-order valence-corrected chi connectivity index (χ3v) is 6.92. The molecule has 1 aromatic heterocycles. The molecule has 2 aliphatic heterocycles. The SMILES string of the molecule is CCC(c1ccc(F)cc1)n1cc(C(=O)N2CCC[C@@]3(C2)OC(=O)Nc2ccc(Cl)c(F)c23)cn1. The first-order valence-corrected chi connectivity index (χ1v) is 11.8. The van der Waals surface area contributed by atoms with Gasteiger partial charge >= 0.3 is 6.09 Å². The Bertz CT molecular complexity index is 1300. The summed E-state index contributed by atoms with van der Waals surface area (Å²) >= 11 is 6.03. The van der Waals surface area contributed by atoms with E-state index in [2.05, 4.69) is 10.4 Å². The van der Waals surface area contributed by atoms with Crippen molar-refractivity contribution >= 4 is 29.3 Å². The fourth-order valence-electron chi connectivity index (χ4n) is 5.01. The Kier molecular flexibility index (Phi) is 5.96. The van der Waals surface area contributed by atoms with Crippen LogP contribution < -0.4 is 5.32 Å². The number of rotatable bonds is 4. The summed E-state index contributed by atoms with van der Waals surface area (Å²) in [5.41, 5.74) is 0.333. The van der Waals surface area contributed by atoms with Crippen molar-refractivity contribution in [2.24, 2.45) is 0 Å². The molecule has 2 aromatic carbocycles. The van der Waals surface area contributed by atoms with Crippen LogP contribution in [0.4, 0.5) is 19.3 Å². The van der Waals surface area contributed by atoms with Gasteiger partial charge in [-0.25, -0.2) is 13.6 Å². The number of piperidine rings is 1. The van der Waals surface area contributed by atoms with Crippen LogP contribution in [0.5, 0.6) is 0 Å². The van der Waals surface area contributed by atoms with Crippen molar-refractivity contribution in [1.29, 1.82) is 0 Å². The molecular weight excluding hydrogens is 478 g/mol. The molecule has 2 amide bonds. The predicted molar refractivity (Wildman–Crippen MR) is 125 cm³/mol. The van der Waals surface area contributed by atoms with Gasteiger partial charge in [-0.15, -0.1) is 0 Å². The molecule has 1 spiro atoms. The summed E-state index contributed by atoms with van der Waals surface area (Å²) in [6.45, 7) is 2.39. The number of fused-ring (bicyclic) bond motifs is 2. The largest absolute Gasteiger partial charge is 0.436 e. The maximum Gasteiger partial charge on any atom is 0.412 e. The van der Waals surface area contributed by atoms with Gasteiger partial charge in [0, 0.05) is 12.7 Å². The van der Waals surface area contributed by atoms with Gasteiger partial charge in [0.05, 0.1) is 40.6 Å². The average Bonchev–Trinajstić information content (AvgIpc) is 3.32. The summed E-state index contributed by atoms with van der Waals surface area (Å²) in [6.07, 6.45) is 3.98. The zero-order valence-corrected chi connectivity index (χ0v) is 19.7. The second-order valence-corrected chi connectivity index (χ2v) is 9.21. The molecular formula is C25H23ClF2N4O3. The van der Waals surface area contributed by atoms with Gasteiger partial charge in [-0.05, 0) is 49.1 Å². The standard InChI is InChI=1S/C25H23ClF2N4O3/c1-2-20(15-4-6-17(27)7-5-15)32-13-16(12-29-32)23(33)31-11-3-10-25(14-31)21-19(30-24(34)35-25)9-8-18(26)22(21)28/h4-9,12-13,20H,2-3,10-11,14H2,1H3,(H,30,34)/t20?,25-/m0/s1.